The van der Waals surface area contributed by atoms with Crippen molar-refractivity contribution in [3.8, 4) is 11.1 Å². The fourth-order valence-electron chi connectivity index (χ4n) is 3.17. The summed E-state index contributed by atoms with van der Waals surface area (Å²) in [5.41, 5.74) is 3.12. The first-order valence-electron chi connectivity index (χ1n) is 7.37. The van der Waals surface area contributed by atoms with Gasteiger partial charge in [0.2, 0.25) is 5.95 Å². The Morgan fingerprint density at radius 2 is 2.17 bits per heavy atom. The molecule has 3 heterocycles. The topological polar surface area (TPSA) is 60.2 Å². The van der Waals surface area contributed by atoms with Gasteiger partial charge in [0, 0.05) is 30.6 Å². The summed E-state index contributed by atoms with van der Waals surface area (Å²) in [7, 11) is 1.71. The highest BCUT2D eigenvalue weighted by Crippen LogP contribution is 2.36. The number of nitrogens with zero attached hydrogens (tertiary/aromatic N) is 3. The number of aryl methyl sites for hydroxylation is 1. The summed E-state index contributed by atoms with van der Waals surface area (Å²) in [4.78, 5) is 4.27. The number of ether oxygens (including phenoxy) is 1. The van der Waals surface area contributed by atoms with Crippen molar-refractivity contribution >= 4 is 10.9 Å². The second-order valence-corrected chi connectivity index (χ2v) is 6.13. The predicted molar refractivity (Wildman–Crippen MR) is 83.1 cm³/mol. The molecule has 1 aromatic carbocycles. The molecule has 0 bridgehead atoms. The maximum absolute atomic E-state index is 13.7. The molecule has 1 aliphatic heterocycles. The minimum absolute atomic E-state index is 0.247. The van der Waals surface area contributed by atoms with Gasteiger partial charge in [0.05, 0.1) is 24.1 Å². The fraction of sp³-hybridized carbons (Fsp3) is 0.294. The van der Waals surface area contributed by atoms with Crippen LogP contribution in [0.15, 0.2) is 30.6 Å². The Hall–Kier alpha value is -2.31. The van der Waals surface area contributed by atoms with Crippen LogP contribution in [0, 0.1) is 5.95 Å². The highest BCUT2D eigenvalue weighted by Gasteiger charge is 2.32. The van der Waals surface area contributed by atoms with Crippen molar-refractivity contribution in [3.63, 3.8) is 0 Å². The van der Waals surface area contributed by atoms with Crippen LogP contribution in [-0.2, 0) is 24.0 Å². The van der Waals surface area contributed by atoms with Crippen LogP contribution < -0.4 is 0 Å². The molecule has 1 aliphatic rings. The molecule has 0 saturated carbocycles. The lowest BCUT2D eigenvalue weighted by Crippen LogP contribution is -2.33. The van der Waals surface area contributed by atoms with Crippen LogP contribution in [0.25, 0.3) is 22.0 Å². The van der Waals surface area contributed by atoms with Crippen LogP contribution in [0.3, 0.4) is 0 Å². The zero-order chi connectivity index (χ0) is 16.2. The maximum atomic E-state index is 13.7. The number of aromatic nitrogens is 3. The number of pyridine rings is 1. The molecule has 0 fully saturated rings. The van der Waals surface area contributed by atoms with Crippen LogP contribution in [-0.4, -0.2) is 26.5 Å². The van der Waals surface area contributed by atoms with Gasteiger partial charge >= 0.3 is 0 Å². The second kappa shape index (κ2) is 4.84. The molecule has 0 aliphatic carbocycles. The van der Waals surface area contributed by atoms with Crippen LogP contribution >= 0.6 is 0 Å². The molecular weight excluding hydrogens is 297 g/mol. The Balaban J connectivity index is 1.93. The summed E-state index contributed by atoms with van der Waals surface area (Å²) in [6.07, 6.45) is 3.43. The Kier molecular flexibility index (Phi) is 3.01. The Labute approximate surface area is 132 Å². The first-order chi connectivity index (χ1) is 11.0. The van der Waals surface area contributed by atoms with E-state index in [4.69, 9.17) is 4.74 Å². The number of hydrogen-bond acceptors (Lipinski definition) is 4. The van der Waals surface area contributed by atoms with E-state index in [0.717, 1.165) is 22.3 Å². The molecule has 0 spiro atoms. The SMILES string of the molecule is Cn1nc(F)c2ccc(-c3cncc4c3COCC4(C)O)cc21. The largest absolute Gasteiger partial charge is 0.383 e. The molecule has 1 N–H and O–H groups in total. The van der Waals surface area contributed by atoms with Gasteiger partial charge in [-0.25, -0.2) is 0 Å². The number of rotatable bonds is 1. The normalized spacial score (nSPS) is 20.7. The molecule has 3 aromatic rings. The number of hydrogen-bond donors (Lipinski definition) is 1. The number of benzene rings is 1. The van der Waals surface area contributed by atoms with Crippen molar-refractivity contribution in [2.45, 2.75) is 19.1 Å². The number of aliphatic hydroxyl groups is 1. The van der Waals surface area contributed by atoms with Crippen LogP contribution in [0.4, 0.5) is 4.39 Å². The lowest BCUT2D eigenvalue weighted by atomic mass is 9.88. The summed E-state index contributed by atoms with van der Waals surface area (Å²) in [6, 6.07) is 5.44. The highest BCUT2D eigenvalue weighted by molar-refractivity contribution is 5.85. The predicted octanol–water partition coefficient (Wildman–Crippen LogP) is 2.51. The van der Waals surface area contributed by atoms with E-state index in [0.29, 0.717) is 17.5 Å². The summed E-state index contributed by atoms with van der Waals surface area (Å²) >= 11 is 0. The smallest absolute Gasteiger partial charge is 0.240 e. The molecule has 0 saturated heterocycles. The van der Waals surface area contributed by atoms with Gasteiger partial charge in [-0.05, 0) is 30.2 Å². The standard InChI is InChI=1S/C17H16FN3O2/c1-17(22)9-23-8-13-12(6-19-7-14(13)17)10-3-4-11-15(5-10)21(2)20-16(11)18/h3-7,22H,8-9H2,1-2H3. The van der Waals surface area contributed by atoms with Crippen molar-refractivity contribution < 1.29 is 14.2 Å². The molecule has 0 amide bonds. The molecule has 6 heteroatoms. The third-order valence-corrected chi connectivity index (χ3v) is 4.38. The molecule has 118 valence electrons. The Morgan fingerprint density at radius 3 is 3.00 bits per heavy atom. The van der Waals surface area contributed by atoms with E-state index >= 15 is 0 Å². The van der Waals surface area contributed by atoms with Gasteiger partial charge in [-0.1, -0.05) is 6.07 Å². The average Bonchev–Trinajstić information content (AvgIpc) is 2.81. The van der Waals surface area contributed by atoms with E-state index in [1.54, 1.807) is 32.4 Å². The van der Waals surface area contributed by atoms with Crippen molar-refractivity contribution in [1.29, 1.82) is 0 Å². The van der Waals surface area contributed by atoms with Crippen molar-refractivity contribution in [2.24, 2.45) is 7.05 Å². The number of fused-ring (bicyclic) bond motifs is 2. The van der Waals surface area contributed by atoms with E-state index in [-0.39, 0.29) is 6.61 Å². The van der Waals surface area contributed by atoms with Crippen molar-refractivity contribution in [1.82, 2.24) is 14.8 Å². The summed E-state index contributed by atoms with van der Waals surface area (Å²) < 4.78 is 20.8. The molecule has 2 aromatic heterocycles. The second-order valence-electron chi connectivity index (χ2n) is 6.13. The molecule has 0 radical (unpaired) electrons. The lowest BCUT2D eigenvalue weighted by Gasteiger charge is -2.31. The number of halogens is 1. The summed E-state index contributed by atoms with van der Waals surface area (Å²) in [6.45, 7) is 2.38. The van der Waals surface area contributed by atoms with E-state index < -0.39 is 11.5 Å². The molecule has 23 heavy (non-hydrogen) atoms. The average molecular weight is 313 g/mol. The van der Waals surface area contributed by atoms with Gasteiger partial charge in [-0.15, -0.1) is 5.10 Å². The van der Waals surface area contributed by atoms with Gasteiger partial charge in [-0.2, -0.15) is 4.39 Å². The van der Waals surface area contributed by atoms with E-state index in [2.05, 4.69) is 10.1 Å². The molecular formula is C17H16FN3O2. The van der Waals surface area contributed by atoms with Crippen LogP contribution in [0.5, 0.6) is 0 Å². The van der Waals surface area contributed by atoms with Gasteiger partial charge in [-0.3, -0.25) is 9.67 Å². The summed E-state index contributed by atoms with van der Waals surface area (Å²) in [5.74, 6) is -0.478. The van der Waals surface area contributed by atoms with Gasteiger partial charge < -0.3 is 9.84 Å². The summed E-state index contributed by atoms with van der Waals surface area (Å²) in [5, 5.41) is 14.8. The molecule has 1 atom stereocenters. The minimum Gasteiger partial charge on any atom is -0.383 e. The van der Waals surface area contributed by atoms with Crippen molar-refractivity contribution in [3.05, 3.63) is 47.7 Å². The van der Waals surface area contributed by atoms with Crippen LogP contribution in [0.1, 0.15) is 18.1 Å². The molecule has 1 unspecified atom stereocenters. The lowest BCUT2D eigenvalue weighted by molar-refractivity contribution is -0.0603. The molecule has 4 rings (SSSR count). The Morgan fingerprint density at radius 1 is 1.35 bits per heavy atom. The van der Waals surface area contributed by atoms with Crippen molar-refractivity contribution in [2.75, 3.05) is 6.61 Å². The minimum atomic E-state index is -1.06. The Bertz CT molecular complexity index is 918. The third kappa shape index (κ3) is 2.14. The quantitative estimate of drug-likeness (QED) is 0.750. The monoisotopic (exact) mass is 313 g/mol. The zero-order valence-corrected chi connectivity index (χ0v) is 12.9. The van der Waals surface area contributed by atoms with Gasteiger partial charge in [0.25, 0.3) is 0 Å². The first kappa shape index (κ1) is 14.3. The zero-order valence-electron chi connectivity index (χ0n) is 12.9. The van der Waals surface area contributed by atoms with E-state index in [1.165, 1.54) is 4.68 Å². The first-order valence-corrected chi connectivity index (χ1v) is 7.37. The van der Waals surface area contributed by atoms with Gasteiger partial charge in [0.1, 0.15) is 5.60 Å². The van der Waals surface area contributed by atoms with Crippen LogP contribution in [0.2, 0.25) is 0 Å². The van der Waals surface area contributed by atoms with Gasteiger partial charge in [0.15, 0.2) is 0 Å². The maximum Gasteiger partial charge on any atom is 0.240 e. The highest BCUT2D eigenvalue weighted by atomic mass is 19.1. The fourth-order valence-corrected chi connectivity index (χ4v) is 3.17. The molecule has 5 nitrogen and oxygen atoms in total. The van der Waals surface area contributed by atoms with E-state index in [9.17, 15) is 9.50 Å². The third-order valence-electron chi connectivity index (χ3n) is 4.38. The van der Waals surface area contributed by atoms with E-state index in [1.807, 2.05) is 12.1 Å².